The number of carbonyl (C=O) groups is 1. The summed E-state index contributed by atoms with van der Waals surface area (Å²) in [5.41, 5.74) is 4.09. The van der Waals surface area contributed by atoms with Gasteiger partial charge in [-0.3, -0.25) is 4.79 Å². The van der Waals surface area contributed by atoms with Crippen LogP contribution < -0.4 is 5.32 Å². The Bertz CT molecular complexity index is 805. The lowest BCUT2D eigenvalue weighted by Crippen LogP contribution is -2.19. The molecule has 2 aromatic carbocycles. The van der Waals surface area contributed by atoms with Crippen LogP contribution in [0.25, 0.3) is 6.08 Å². The van der Waals surface area contributed by atoms with Gasteiger partial charge in [0.2, 0.25) is 0 Å². The zero-order valence-corrected chi connectivity index (χ0v) is 15.2. The molecule has 0 radical (unpaired) electrons. The van der Waals surface area contributed by atoms with Gasteiger partial charge in [0.25, 0.3) is 5.91 Å². The van der Waals surface area contributed by atoms with Crippen molar-refractivity contribution in [2.75, 3.05) is 0 Å². The predicted molar refractivity (Wildman–Crippen MR) is 101 cm³/mol. The lowest BCUT2D eigenvalue weighted by atomic mass is 10.1. The number of amides is 1. The monoisotopic (exact) mass is 386 g/mol. The van der Waals surface area contributed by atoms with Gasteiger partial charge in [0.1, 0.15) is 0 Å². The van der Waals surface area contributed by atoms with E-state index in [-0.39, 0.29) is 5.91 Å². The molecule has 5 heteroatoms. The third kappa shape index (κ3) is 3.74. The molecule has 1 fully saturated rings. The quantitative estimate of drug-likeness (QED) is 0.741. The number of thioether (sulfide) groups is 1. The normalized spacial score (nSPS) is 17.8. The zero-order valence-electron chi connectivity index (χ0n) is 12.8. The van der Waals surface area contributed by atoms with Gasteiger partial charge in [0.15, 0.2) is 5.17 Å². The minimum absolute atomic E-state index is 0.108. The Morgan fingerprint density at radius 1 is 1.13 bits per heavy atom. The Morgan fingerprint density at radius 3 is 2.43 bits per heavy atom. The highest BCUT2D eigenvalue weighted by molar-refractivity contribution is 9.10. The summed E-state index contributed by atoms with van der Waals surface area (Å²) < 4.78 is 1.09. The van der Waals surface area contributed by atoms with Crippen LogP contribution in [-0.4, -0.2) is 11.1 Å². The molecule has 0 bridgehead atoms. The fourth-order valence-electron chi connectivity index (χ4n) is 2.29. The SMILES string of the molecule is Cc1cc(N=C2NC(=O)/C(=C/c3ccccc3)S2)cc(C)c1Br. The third-order valence-corrected chi connectivity index (χ3v) is 5.56. The Morgan fingerprint density at radius 2 is 1.78 bits per heavy atom. The van der Waals surface area contributed by atoms with Gasteiger partial charge in [-0.25, -0.2) is 4.99 Å². The van der Waals surface area contributed by atoms with Crippen LogP contribution in [0.1, 0.15) is 16.7 Å². The maximum absolute atomic E-state index is 12.1. The second kappa shape index (κ2) is 6.72. The van der Waals surface area contributed by atoms with Gasteiger partial charge in [-0.1, -0.05) is 46.3 Å². The van der Waals surface area contributed by atoms with Crippen LogP contribution in [0.4, 0.5) is 5.69 Å². The number of hydrogen-bond acceptors (Lipinski definition) is 3. The Balaban J connectivity index is 1.86. The van der Waals surface area contributed by atoms with Crippen molar-refractivity contribution in [3.05, 3.63) is 68.5 Å². The Kier molecular flexibility index (Phi) is 4.68. The molecule has 0 saturated carbocycles. The number of halogens is 1. The molecular formula is C18H15BrN2OS. The highest BCUT2D eigenvalue weighted by atomic mass is 79.9. The maximum Gasteiger partial charge on any atom is 0.264 e. The molecule has 0 aromatic heterocycles. The number of nitrogens with one attached hydrogen (secondary N) is 1. The second-order valence-electron chi connectivity index (χ2n) is 5.29. The van der Waals surface area contributed by atoms with Gasteiger partial charge < -0.3 is 5.32 Å². The van der Waals surface area contributed by atoms with Crippen LogP contribution in [0.2, 0.25) is 0 Å². The number of amidine groups is 1. The van der Waals surface area contributed by atoms with Crippen LogP contribution >= 0.6 is 27.7 Å². The highest BCUT2D eigenvalue weighted by Gasteiger charge is 2.23. The van der Waals surface area contributed by atoms with Crippen LogP contribution in [0.15, 0.2) is 56.8 Å². The van der Waals surface area contributed by atoms with E-state index in [2.05, 4.69) is 26.2 Å². The molecule has 1 N–H and O–H groups in total. The first kappa shape index (κ1) is 16.0. The third-order valence-electron chi connectivity index (χ3n) is 3.40. The summed E-state index contributed by atoms with van der Waals surface area (Å²) in [6, 6.07) is 13.8. The smallest absolute Gasteiger partial charge is 0.264 e. The molecule has 3 nitrogen and oxygen atoms in total. The van der Waals surface area contributed by atoms with Crippen molar-refractivity contribution >= 4 is 50.5 Å². The summed E-state index contributed by atoms with van der Waals surface area (Å²) in [6.07, 6.45) is 1.88. The van der Waals surface area contributed by atoms with E-state index >= 15 is 0 Å². The van der Waals surface area contributed by atoms with Gasteiger partial charge in [-0.2, -0.15) is 0 Å². The van der Waals surface area contributed by atoms with Crippen LogP contribution in [0, 0.1) is 13.8 Å². The summed E-state index contributed by atoms with van der Waals surface area (Å²) in [7, 11) is 0. The number of carbonyl (C=O) groups excluding carboxylic acids is 1. The van der Waals surface area contributed by atoms with Crippen molar-refractivity contribution in [1.82, 2.24) is 5.32 Å². The van der Waals surface area contributed by atoms with Crippen LogP contribution in [-0.2, 0) is 4.79 Å². The van der Waals surface area contributed by atoms with Crippen LogP contribution in [0.5, 0.6) is 0 Å². The van der Waals surface area contributed by atoms with Gasteiger partial charge in [-0.05, 0) is 60.5 Å². The Labute approximate surface area is 148 Å². The molecule has 0 aliphatic carbocycles. The van der Waals surface area contributed by atoms with E-state index in [0.717, 1.165) is 26.9 Å². The Hall–Kier alpha value is -1.85. The predicted octanol–water partition coefficient (Wildman–Crippen LogP) is 4.96. The number of aliphatic imine (C=N–C) groups is 1. The first-order valence-corrected chi connectivity index (χ1v) is 8.75. The minimum atomic E-state index is -0.108. The zero-order chi connectivity index (χ0) is 16.4. The van der Waals surface area contributed by atoms with Crippen molar-refractivity contribution in [3.8, 4) is 0 Å². The number of aryl methyl sites for hydroxylation is 2. The van der Waals surface area contributed by atoms with Crippen molar-refractivity contribution < 1.29 is 4.79 Å². The van der Waals surface area contributed by atoms with Gasteiger partial charge >= 0.3 is 0 Å². The topological polar surface area (TPSA) is 41.5 Å². The summed E-state index contributed by atoms with van der Waals surface area (Å²) >= 11 is 4.91. The van der Waals surface area contributed by atoms with Gasteiger partial charge in [0.05, 0.1) is 10.6 Å². The number of hydrogen-bond donors (Lipinski definition) is 1. The van der Waals surface area contributed by atoms with Crippen molar-refractivity contribution in [1.29, 1.82) is 0 Å². The highest BCUT2D eigenvalue weighted by Crippen LogP contribution is 2.30. The summed E-state index contributed by atoms with van der Waals surface area (Å²) in [4.78, 5) is 17.3. The minimum Gasteiger partial charge on any atom is -0.300 e. The van der Waals surface area contributed by atoms with E-state index in [0.29, 0.717) is 10.1 Å². The molecule has 1 amide bonds. The van der Waals surface area contributed by atoms with Crippen LogP contribution in [0.3, 0.4) is 0 Å². The van der Waals surface area contributed by atoms with Crippen molar-refractivity contribution in [2.45, 2.75) is 13.8 Å². The van der Waals surface area contributed by atoms with E-state index < -0.39 is 0 Å². The number of benzene rings is 2. The summed E-state index contributed by atoms with van der Waals surface area (Å²) in [5.74, 6) is -0.108. The molecular weight excluding hydrogens is 372 g/mol. The van der Waals surface area contributed by atoms with Gasteiger partial charge in [0, 0.05) is 4.47 Å². The van der Waals surface area contributed by atoms with Gasteiger partial charge in [-0.15, -0.1) is 0 Å². The molecule has 3 rings (SSSR count). The average Bonchev–Trinajstić information content (AvgIpc) is 2.85. The van der Waals surface area contributed by atoms with Crippen molar-refractivity contribution in [2.24, 2.45) is 4.99 Å². The van der Waals surface area contributed by atoms with E-state index in [4.69, 9.17) is 0 Å². The molecule has 0 atom stereocenters. The molecule has 1 saturated heterocycles. The van der Waals surface area contributed by atoms with E-state index in [1.54, 1.807) is 0 Å². The van der Waals surface area contributed by atoms with Crippen molar-refractivity contribution in [3.63, 3.8) is 0 Å². The summed E-state index contributed by atoms with van der Waals surface area (Å²) in [6.45, 7) is 4.06. The van der Waals surface area contributed by atoms with E-state index in [1.165, 1.54) is 11.8 Å². The average molecular weight is 387 g/mol. The lowest BCUT2D eigenvalue weighted by molar-refractivity contribution is -0.115. The standard InChI is InChI=1S/C18H15BrN2OS/c1-11-8-14(9-12(2)16(11)19)20-18-21-17(22)15(23-18)10-13-6-4-3-5-7-13/h3-10H,1-2H3,(H,20,21,22)/b15-10-. The molecule has 1 aliphatic rings. The number of rotatable bonds is 2. The molecule has 2 aromatic rings. The largest absolute Gasteiger partial charge is 0.300 e. The van der Waals surface area contributed by atoms with E-state index in [9.17, 15) is 4.79 Å². The second-order valence-corrected chi connectivity index (χ2v) is 7.11. The first-order valence-electron chi connectivity index (χ1n) is 7.14. The maximum atomic E-state index is 12.1. The number of nitrogens with zero attached hydrogens (tertiary/aromatic N) is 1. The van der Waals surface area contributed by atoms with E-state index in [1.807, 2.05) is 62.4 Å². The fraction of sp³-hybridized carbons (Fsp3) is 0.111. The fourth-order valence-corrected chi connectivity index (χ4v) is 3.36. The lowest BCUT2D eigenvalue weighted by Gasteiger charge is -2.04. The molecule has 1 heterocycles. The molecule has 0 unspecified atom stereocenters. The first-order chi connectivity index (χ1) is 11.0. The molecule has 23 heavy (non-hydrogen) atoms. The molecule has 116 valence electrons. The summed E-state index contributed by atoms with van der Waals surface area (Å²) in [5, 5.41) is 3.43. The molecule has 0 spiro atoms. The molecule has 1 aliphatic heterocycles.